The molecule has 0 radical (unpaired) electrons. The molecule has 0 bridgehead atoms. The smallest absolute Gasteiger partial charge is 0.306 e. The van der Waals surface area contributed by atoms with Crippen LogP contribution in [0, 0.1) is 5.92 Å². The summed E-state index contributed by atoms with van der Waals surface area (Å²) in [4.78, 5) is 29.5. The predicted molar refractivity (Wildman–Crippen MR) is 55.8 cm³/mol. The van der Waals surface area contributed by atoms with E-state index in [1.807, 2.05) is 0 Å². The Kier molecular flexibility index (Phi) is 4.38. The van der Waals surface area contributed by atoms with Gasteiger partial charge in [-0.25, -0.2) is 4.98 Å². The summed E-state index contributed by atoms with van der Waals surface area (Å²) in [5.74, 6) is -1.68. The van der Waals surface area contributed by atoms with E-state index < -0.39 is 11.9 Å². The molecule has 6 heteroatoms. The van der Waals surface area contributed by atoms with Gasteiger partial charge in [-0.05, 0) is 6.42 Å². The third-order valence-electron chi connectivity index (χ3n) is 2.08. The normalized spacial score (nSPS) is 11.8. The quantitative estimate of drug-likeness (QED) is 0.749. The fourth-order valence-corrected chi connectivity index (χ4v) is 1.03. The number of carbonyl (C=O) groups excluding carboxylic acids is 1. The van der Waals surface area contributed by atoms with Crippen molar-refractivity contribution in [3.05, 3.63) is 24.3 Å². The highest BCUT2D eigenvalue weighted by molar-refractivity contribution is 5.91. The minimum Gasteiger partial charge on any atom is -0.481 e. The van der Waals surface area contributed by atoms with Gasteiger partial charge in [0.05, 0.1) is 12.1 Å². The first kappa shape index (κ1) is 12.1. The molecule has 0 aliphatic heterocycles. The van der Waals surface area contributed by atoms with E-state index in [0.717, 1.165) is 0 Å². The van der Waals surface area contributed by atoms with Crippen LogP contribution in [0.25, 0.3) is 0 Å². The molecule has 6 nitrogen and oxygen atoms in total. The lowest BCUT2D eigenvalue weighted by atomic mass is 10.1. The molecule has 0 saturated carbocycles. The maximum Gasteiger partial charge on any atom is 0.306 e. The zero-order valence-corrected chi connectivity index (χ0v) is 8.88. The largest absolute Gasteiger partial charge is 0.481 e. The third kappa shape index (κ3) is 3.64. The fourth-order valence-electron chi connectivity index (χ4n) is 1.03. The molecule has 0 saturated heterocycles. The lowest BCUT2D eigenvalue weighted by Gasteiger charge is -2.06. The first-order valence-electron chi connectivity index (χ1n) is 4.88. The number of aromatic nitrogens is 2. The Morgan fingerprint density at radius 2 is 2.25 bits per heavy atom. The van der Waals surface area contributed by atoms with Crippen LogP contribution in [0.15, 0.2) is 18.6 Å². The summed E-state index contributed by atoms with van der Waals surface area (Å²) in [7, 11) is 0. The number of hydrogen-bond donors (Lipinski definition) is 2. The summed E-state index contributed by atoms with van der Waals surface area (Å²) in [5.41, 5.74) is 0.227. The molecule has 1 rings (SSSR count). The Morgan fingerprint density at radius 3 is 2.81 bits per heavy atom. The number of hydrogen-bond acceptors (Lipinski definition) is 4. The van der Waals surface area contributed by atoms with E-state index in [-0.39, 0.29) is 11.6 Å². The minimum atomic E-state index is -0.867. The highest BCUT2D eigenvalue weighted by Gasteiger charge is 2.11. The van der Waals surface area contributed by atoms with E-state index in [0.29, 0.717) is 13.0 Å². The van der Waals surface area contributed by atoms with Gasteiger partial charge in [-0.15, -0.1) is 0 Å². The average molecular weight is 223 g/mol. The van der Waals surface area contributed by atoms with Crippen LogP contribution < -0.4 is 5.32 Å². The van der Waals surface area contributed by atoms with Crippen molar-refractivity contribution in [2.24, 2.45) is 5.92 Å². The van der Waals surface area contributed by atoms with E-state index in [2.05, 4.69) is 15.3 Å². The number of nitrogens with zero attached hydrogens (tertiary/aromatic N) is 2. The summed E-state index contributed by atoms with van der Waals surface area (Å²) < 4.78 is 0. The van der Waals surface area contributed by atoms with Crippen molar-refractivity contribution in [1.82, 2.24) is 15.3 Å². The Balaban J connectivity index is 2.34. The van der Waals surface area contributed by atoms with Gasteiger partial charge in [0, 0.05) is 18.9 Å². The van der Waals surface area contributed by atoms with Crippen molar-refractivity contribution in [2.45, 2.75) is 13.3 Å². The zero-order valence-electron chi connectivity index (χ0n) is 8.88. The average Bonchev–Trinajstić information content (AvgIpc) is 2.29. The van der Waals surface area contributed by atoms with E-state index in [1.54, 1.807) is 6.92 Å². The summed E-state index contributed by atoms with van der Waals surface area (Å²) >= 11 is 0. The van der Waals surface area contributed by atoms with Crippen molar-refractivity contribution in [3.63, 3.8) is 0 Å². The van der Waals surface area contributed by atoms with Crippen molar-refractivity contribution in [2.75, 3.05) is 6.54 Å². The second kappa shape index (κ2) is 5.79. The number of carboxylic acids is 1. The van der Waals surface area contributed by atoms with Crippen LogP contribution in [0.2, 0.25) is 0 Å². The number of carboxylic acid groups (broad SMARTS) is 1. The third-order valence-corrected chi connectivity index (χ3v) is 2.08. The summed E-state index contributed by atoms with van der Waals surface area (Å²) in [6, 6.07) is 0. The van der Waals surface area contributed by atoms with Crippen LogP contribution in [-0.4, -0.2) is 33.5 Å². The van der Waals surface area contributed by atoms with Gasteiger partial charge in [0.1, 0.15) is 5.69 Å². The number of rotatable bonds is 5. The molecule has 1 heterocycles. The Morgan fingerprint density at radius 1 is 1.50 bits per heavy atom. The van der Waals surface area contributed by atoms with Gasteiger partial charge in [-0.1, -0.05) is 6.92 Å². The fraction of sp³-hybridized carbons (Fsp3) is 0.400. The number of aliphatic carboxylic acids is 1. The van der Waals surface area contributed by atoms with Gasteiger partial charge < -0.3 is 10.4 Å². The monoisotopic (exact) mass is 223 g/mol. The second-order valence-corrected chi connectivity index (χ2v) is 3.37. The van der Waals surface area contributed by atoms with E-state index in [1.165, 1.54) is 18.6 Å². The first-order chi connectivity index (χ1) is 7.61. The van der Waals surface area contributed by atoms with Gasteiger partial charge in [-0.2, -0.15) is 0 Å². The Hall–Kier alpha value is -1.98. The standard InChI is InChI=1S/C10H13N3O3/c1-7(10(15)16)2-3-13-9(14)8-6-11-4-5-12-8/h4-7H,2-3H2,1H3,(H,13,14)(H,15,16). The molecule has 0 fully saturated rings. The number of nitrogens with one attached hydrogen (secondary N) is 1. The van der Waals surface area contributed by atoms with Crippen molar-refractivity contribution in [3.8, 4) is 0 Å². The molecule has 1 unspecified atom stereocenters. The second-order valence-electron chi connectivity index (χ2n) is 3.37. The van der Waals surface area contributed by atoms with Crippen LogP contribution in [-0.2, 0) is 4.79 Å². The topological polar surface area (TPSA) is 92.2 Å². The molecule has 1 atom stereocenters. The molecule has 1 aromatic rings. The maximum absolute atomic E-state index is 11.4. The lowest BCUT2D eigenvalue weighted by molar-refractivity contribution is -0.141. The summed E-state index contributed by atoms with van der Waals surface area (Å²) in [6.07, 6.45) is 4.65. The molecule has 16 heavy (non-hydrogen) atoms. The van der Waals surface area contributed by atoms with Crippen LogP contribution in [0.4, 0.5) is 0 Å². The highest BCUT2D eigenvalue weighted by Crippen LogP contribution is 2.00. The van der Waals surface area contributed by atoms with E-state index >= 15 is 0 Å². The van der Waals surface area contributed by atoms with E-state index in [4.69, 9.17) is 5.11 Å². The van der Waals surface area contributed by atoms with Crippen LogP contribution in [0.1, 0.15) is 23.8 Å². The lowest BCUT2D eigenvalue weighted by Crippen LogP contribution is -2.27. The van der Waals surface area contributed by atoms with Gasteiger partial charge in [0.15, 0.2) is 0 Å². The van der Waals surface area contributed by atoms with Crippen molar-refractivity contribution < 1.29 is 14.7 Å². The summed E-state index contributed by atoms with van der Waals surface area (Å²) in [6.45, 7) is 1.90. The molecule has 1 aromatic heterocycles. The first-order valence-corrected chi connectivity index (χ1v) is 4.88. The molecular weight excluding hydrogens is 210 g/mol. The number of carbonyl (C=O) groups is 2. The molecule has 0 spiro atoms. The number of amides is 1. The van der Waals surface area contributed by atoms with Crippen LogP contribution in [0.3, 0.4) is 0 Å². The Bertz CT molecular complexity index is 367. The zero-order chi connectivity index (χ0) is 12.0. The van der Waals surface area contributed by atoms with Crippen LogP contribution >= 0.6 is 0 Å². The molecule has 2 N–H and O–H groups in total. The molecule has 0 aliphatic rings. The van der Waals surface area contributed by atoms with Gasteiger partial charge in [0.25, 0.3) is 5.91 Å². The molecule has 0 aliphatic carbocycles. The van der Waals surface area contributed by atoms with Gasteiger partial charge in [0.2, 0.25) is 0 Å². The minimum absolute atomic E-state index is 0.227. The molecular formula is C10H13N3O3. The molecule has 1 amide bonds. The summed E-state index contributed by atoms with van der Waals surface area (Å²) in [5, 5.41) is 11.2. The predicted octanol–water partition coefficient (Wildman–Crippen LogP) is 0.317. The van der Waals surface area contributed by atoms with Gasteiger partial charge in [-0.3, -0.25) is 14.6 Å². The van der Waals surface area contributed by atoms with E-state index in [9.17, 15) is 9.59 Å². The SMILES string of the molecule is CC(CCNC(=O)c1cnccn1)C(=O)O. The maximum atomic E-state index is 11.4. The molecule has 86 valence electrons. The van der Waals surface area contributed by atoms with Gasteiger partial charge >= 0.3 is 5.97 Å². The Labute approximate surface area is 92.7 Å². The van der Waals surface area contributed by atoms with Crippen molar-refractivity contribution in [1.29, 1.82) is 0 Å². The van der Waals surface area contributed by atoms with Crippen molar-refractivity contribution >= 4 is 11.9 Å². The highest BCUT2D eigenvalue weighted by atomic mass is 16.4. The van der Waals surface area contributed by atoms with Crippen LogP contribution in [0.5, 0.6) is 0 Å². The molecule has 0 aromatic carbocycles.